The third-order valence-corrected chi connectivity index (χ3v) is 9.27. The zero-order valence-electron chi connectivity index (χ0n) is 23.3. The minimum Gasteiger partial charge on any atom is -0.457 e. The third kappa shape index (κ3) is 5.70. The number of aliphatic hydroxyl groups excluding tert-OH is 2. The van der Waals surface area contributed by atoms with E-state index >= 15 is 0 Å². The Balaban J connectivity index is 1.56. The van der Waals surface area contributed by atoms with E-state index in [0.29, 0.717) is 25.9 Å². The summed E-state index contributed by atoms with van der Waals surface area (Å²) in [5.41, 5.74) is 1.00. The number of hydrogen-bond donors (Lipinski definition) is 2. The van der Waals surface area contributed by atoms with Gasteiger partial charge in [0.15, 0.2) is 5.69 Å². The molecule has 11 nitrogen and oxygen atoms in total. The number of aliphatic hydroxyl groups is 2. The first-order chi connectivity index (χ1) is 19.1. The fourth-order valence-corrected chi connectivity index (χ4v) is 7.54. The van der Waals surface area contributed by atoms with E-state index in [1.807, 2.05) is 35.6 Å². The topological polar surface area (TPSA) is 125 Å². The fourth-order valence-electron chi connectivity index (χ4n) is 5.98. The molecule has 2 saturated heterocycles. The van der Waals surface area contributed by atoms with Crippen LogP contribution in [0, 0.1) is 11.8 Å². The van der Waals surface area contributed by atoms with Crippen molar-refractivity contribution in [2.75, 3.05) is 19.8 Å². The molecule has 218 valence electrons. The van der Waals surface area contributed by atoms with E-state index in [1.165, 1.54) is 28.8 Å². The minimum absolute atomic E-state index is 0.0165. The molecule has 4 heterocycles. The summed E-state index contributed by atoms with van der Waals surface area (Å²) >= 11 is 1.50. The van der Waals surface area contributed by atoms with Crippen LogP contribution < -0.4 is 4.57 Å². The van der Waals surface area contributed by atoms with Crippen molar-refractivity contribution in [1.29, 1.82) is 0 Å². The molecular formula is C28H39N4O7S+. The molecule has 0 radical (unpaired) electrons. The number of esters is 1. The van der Waals surface area contributed by atoms with Gasteiger partial charge in [0.2, 0.25) is 12.2 Å². The van der Waals surface area contributed by atoms with Gasteiger partial charge in [-0.15, -0.1) is 11.8 Å². The summed E-state index contributed by atoms with van der Waals surface area (Å²) in [7, 11) is 1.89. The summed E-state index contributed by atoms with van der Waals surface area (Å²) in [5, 5.41) is 19.9. The Labute approximate surface area is 238 Å². The summed E-state index contributed by atoms with van der Waals surface area (Å²) in [5.74, 6) is -1.64. The lowest BCUT2D eigenvalue weighted by atomic mass is 9.79. The first kappa shape index (κ1) is 29.9. The number of imidazole rings is 1. The van der Waals surface area contributed by atoms with Crippen LogP contribution in [0.5, 0.6) is 0 Å². The van der Waals surface area contributed by atoms with Crippen LogP contribution in [0.1, 0.15) is 32.4 Å². The maximum atomic E-state index is 13.1. The van der Waals surface area contributed by atoms with Crippen LogP contribution in [-0.4, -0.2) is 85.7 Å². The molecule has 0 bridgehead atoms. The summed E-state index contributed by atoms with van der Waals surface area (Å²) in [4.78, 5) is 43.0. The van der Waals surface area contributed by atoms with Gasteiger partial charge in [0, 0.05) is 35.1 Å². The molecule has 40 heavy (non-hydrogen) atoms. The van der Waals surface area contributed by atoms with E-state index in [-0.39, 0.29) is 54.7 Å². The fraction of sp³-hybridized carbons (Fsp3) is 0.571. The molecule has 2 N–H and O–H groups in total. The molecule has 0 saturated carbocycles. The molecule has 12 heteroatoms. The monoisotopic (exact) mass is 575 g/mol. The number of likely N-dealkylation sites (tertiary alicyclic amines) is 1. The maximum absolute atomic E-state index is 13.1. The molecule has 2 amide bonds. The maximum Gasteiger partial charge on any atom is 0.410 e. The lowest BCUT2D eigenvalue weighted by molar-refractivity contribution is -0.671. The van der Waals surface area contributed by atoms with Crippen LogP contribution in [0.4, 0.5) is 4.79 Å². The lowest BCUT2D eigenvalue weighted by Gasteiger charge is -2.46. The smallest absolute Gasteiger partial charge is 0.410 e. The number of amides is 2. The Morgan fingerprint density at radius 2 is 1.98 bits per heavy atom. The van der Waals surface area contributed by atoms with Crippen LogP contribution in [0.15, 0.2) is 48.4 Å². The zero-order valence-corrected chi connectivity index (χ0v) is 24.1. The van der Waals surface area contributed by atoms with Crippen molar-refractivity contribution in [3.63, 3.8) is 0 Å². The zero-order chi connectivity index (χ0) is 29.1. The highest BCUT2D eigenvalue weighted by atomic mass is 32.2. The predicted octanol–water partition coefficient (Wildman–Crippen LogP) is 1.49. The summed E-state index contributed by atoms with van der Waals surface area (Å²) in [6.45, 7) is 11.8. The molecule has 0 unspecified atom stereocenters. The van der Waals surface area contributed by atoms with Crippen LogP contribution in [0.2, 0.25) is 0 Å². The van der Waals surface area contributed by atoms with Gasteiger partial charge < -0.3 is 29.5 Å². The van der Waals surface area contributed by atoms with Crippen molar-refractivity contribution in [1.82, 2.24) is 14.4 Å². The van der Waals surface area contributed by atoms with E-state index in [4.69, 9.17) is 9.47 Å². The lowest BCUT2D eigenvalue weighted by Crippen LogP contribution is -2.63. The van der Waals surface area contributed by atoms with Gasteiger partial charge in [0.05, 0.1) is 31.7 Å². The van der Waals surface area contributed by atoms with E-state index in [9.17, 15) is 24.6 Å². The second-order valence-corrected chi connectivity index (χ2v) is 11.9. The normalized spacial score (nSPS) is 26.4. The molecule has 0 aliphatic carbocycles. The molecular weight excluding hydrogens is 536 g/mol. The molecule has 4 rings (SSSR count). The second kappa shape index (κ2) is 12.6. The van der Waals surface area contributed by atoms with E-state index in [1.54, 1.807) is 11.8 Å². The van der Waals surface area contributed by atoms with Crippen molar-refractivity contribution >= 4 is 29.7 Å². The predicted molar refractivity (Wildman–Crippen MR) is 147 cm³/mol. The Morgan fingerprint density at radius 1 is 1.27 bits per heavy atom. The number of aromatic nitrogens is 2. The quantitative estimate of drug-likeness (QED) is 0.166. The number of ether oxygens (including phenoxy) is 2. The molecule has 1 aromatic rings. The van der Waals surface area contributed by atoms with Gasteiger partial charge in [0.1, 0.15) is 31.7 Å². The van der Waals surface area contributed by atoms with E-state index in [0.717, 1.165) is 10.6 Å². The first-order valence-corrected chi connectivity index (χ1v) is 14.4. The van der Waals surface area contributed by atoms with E-state index < -0.39 is 24.1 Å². The molecule has 6 atom stereocenters. The van der Waals surface area contributed by atoms with Crippen molar-refractivity contribution < 1.29 is 38.6 Å². The number of nitrogens with zero attached hydrogens (tertiary/aromatic N) is 4. The molecule has 2 fully saturated rings. The average molecular weight is 576 g/mol. The van der Waals surface area contributed by atoms with Gasteiger partial charge in [-0.1, -0.05) is 32.2 Å². The summed E-state index contributed by atoms with van der Waals surface area (Å²) in [6.07, 6.45) is 6.78. The number of fused-ring (bicyclic) bond motifs is 1. The number of hydrogen-bond acceptors (Lipinski definition) is 8. The Bertz CT molecular complexity index is 1200. The molecule has 3 aliphatic heterocycles. The molecule has 0 spiro atoms. The first-order valence-electron chi connectivity index (χ1n) is 13.5. The van der Waals surface area contributed by atoms with Crippen molar-refractivity contribution in [2.45, 2.75) is 63.3 Å². The molecule has 0 aromatic carbocycles. The number of β-lactam (4-membered cyclic amide) rings is 1. The van der Waals surface area contributed by atoms with Gasteiger partial charge >= 0.3 is 12.1 Å². The van der Waals surface area contributed by atoms with E-state index in [2.05, 4.69) is 13.2 Å². The standard InChI is InChI=1S/C28H39N4O7S/c1-6-10-38-27(36)24-25(17(3)23-22(18(4)34)26(35)32(23)24)40-21-12-19(31(14-21)28(37)39-11-7-2)8-9-30-16-29(5)13-20(30)15-33/h6-7,13,16-19,21-23,33-34H,1-2,8-12,14-15H2,3-5H3/q+1/t17-,18-,19-,21+,22-,23-/m1/s1. The second-order valence-electron chi connectivity index (χ2n) is 10.5. The Morgan fingerprint density at radius 3 is 2.62 bits per heavy atom. The largest absolute Gasteiger partial charge is 0.457 e. The number of thioether (sulfide) groups is 1. The Hall–Kier alpha value is -3.09. The number of aryl methyl sites for hydroxylation is 2. The minimum atomic E-state index is -0.837. The van der Waals surface area contributed by atoms with Crippen LogP contribution in [-0.2, 0) is 39.3 Å². The van der Waals surface area contributed by atoms with Crippen molar-refractivity contribution in [3.05, 3.63) is 54.1 Å². The van der Waals surface area contributed by atoms with Crippen molar-refractivity contribution in [2.24, 2.45) is 18.9 Å². The Kier molecular flexibility index (Phi) is 9.42. The van der Waals surface area contributed by atoms with Gasteiger partial charge in [-0.25, -0.2) is 18.7 Å². The number of carbonyl (C=O) groups excluding carboxylic acids is 3. The van der Waals surface area contributed by atoms with Crippen LogP contribution in [0.3, 0.4) is 0 Å². The highest BCUT2D eigenvalue weighted by molar-refractivity contribution is 8.03. The van der Waals surface area contributed by atoms with Gasteiger partial charge in [-0.05, 0) is 13.3 Å². The highest BCUT2D eigenvalue weighted by Crippen LogP contribution is 2.52. The van der Waals surface area contributed by atoms with Gasteiger partial charge in [-0.3, -0.25) is 4.79 Å². The van der Waals surface area contributed by atoms with Gasteiger partial charge in [0.25, 0.3) is 0 Å². The molecule has 3 aliphatic rings. The van der Waals surface area contributed by atoms with Crippen molar-refractivity contribution in [3.8, 4) is 0 Å². The summed E-state index contributed by atoms with van der Waals surface area (Å²) in [6, 6.07) is -0.454. The van der Waals surface area contributed by atoms with Gasteiger partial charge in [-0.2, -0.15) is 0 Å². The number of carbonyl (C=O) groups is 3. The highest BCUT2D eigenvalue weighted by Gasteiger charge is 2.60. The SMILES string of the molecule is C=CCOC(=O)C1=C(S[C@H]2C[C@@H](CCn3c[n+](C)cc3CO)N(C(=O)OCC=C)C2)[C@H](C)[C@@H]2[C@@H]([C@@H](C)O)C(=O)N12. The summed E-state index contributed by atoms with van der Waals surface area (Å²) < 4.78 is 14.6. The third-order valence-electron chi connectivity index (χ3n) is 7.77. The average Bonchev–Trinajstić information content (AvgIpc) is 3.56. The molecule has 1 aromatic heterocycles. The van der Waals surface area contributed by atoms with Crippen LogP contribution >= 0.6 is 11.8 Å². The van der Waals surface area contributed by atoms with Crippen LogP contribution in [0.25, 0.3) is 0 Å². The number of rotatable bonds is 12.